The smallest absolute Gasteiger partial charge is 0.192 e. The number of aliphatic imine (C=N–C) groups is 1. The Hall–Kier alpha value is -1.64. The number of nitrogens with zero attached hydrogens (tertiary/aromatic N) is 4. The summed E-state index contributed by atoms with van der Waals surface area (Å²) in [5.41, 5.74) is 2.63. The molecule has 2 aromatic rings. The number of guanidine groups is 1. The van der Waals surface area contributed by atoms with E-state index in [0.29, 0.717) is 12.5 Å². The maximum Gasteiger partial charge on any atom is 0.192 e. The van der Waals surface area contributed by atoms with Crippen LogP contribution in [0.15, 0.2) is 35.6 Å². The molecule has 0 aliphatic rings. The summed E-state index contributed by atoms with van der Waals surface area (Å²) in [7, 11) is 1.92. The van der Waals surface area contributed by atoms with Crippen molar-refractivity contribution in [3.8, 4) is 0 Å². The van der Waals surface area contributed by atoms with E-state index in [0.717, 1.165) is 24.7 Å². The zero-order valence-electron chi connectivity index (χ0n) is 16.4. The zero-order chi connectivity index (χ0) is 18.2. The molecule has 6 nitrogen and oxygen atoms in total. The Kier molecular flexibility index (Phi) is 9.61. The molecule has 0 saturated heterocycles. The molecule has 26 heavy (non-hydrogen) atoms. The van der Waals surface area contributed by atoms with Gasteiger partial charge in [-0.15, -0.1) is 34.2 Å². The van der Waals surface area contributed by atoms with Crippen LogP contribution in [0.5, 0.6) is 0 Å². The molecule has 1 unspecified atom stereocenters. The van der Waals surface area contributed by atoms with Crippen LogP contribution in [0.1, 0.15) is 50.7 Å². The molecule has 0 bridgehead atoms. The lowest BCUT2D eigenvalue weighted by Gasteiger charge is -2.18. The third-order valence-electron chi connectivity index (χ3n) is 4.00. The monoisotopic (exact) mass is 470 g/mol. The minimum atomic E-state index is 0. The third-order valence-corrected chi connectivity index (χ3v) is 4.00. The Morgan fingerprint density at radius 3 is 2.42 bits per heavy atom. The molecule has 1 aromatic carbocycles. The second kappa shape index (κ2) is 11.2. The molecule has 0 spiro atoms. The molecule has 0 aliphatic carbocycles. The lowest BCUT2D eigenvalue weighted by Crippen LogP contribution is -2.38. The van der Waals surface area contributed by atoms with Gasteiger partial charge in [0.05, 0.1) is 6.04 Å². The first kappa shape index (κ1) is 22.4. The standard InChI is InChI=1S/C19H30N6.HI/c1-6-20-19(21-12-18-24-22-13-25(18)5)23-15(4)17-9-7-16(8-10-17)11-14(2)3;/h7-10,13-15H,6,11-12H2,1-5H3,(H2,20,21,23);1H. The van der Waals surface area contributed by atoms with Gasteiger partial charge in [-0.2, -0.15) is 0 Å². The van der Waals surface area contributed by atoms with Gasteiger partial charge in [-0.3, -0.25) is 0 Å². The molecule has 2 rings (SSSR count). The minimum Gasteiger partial charge on any atom is -0.357 e. The number of halogens is 1. The summed E-state index contributed by atoms with van der Waals surface area (Å²) in [6.45, 7) is 10.00. The fraction of sp³-hybridized carbons (Fsp3) is 0.526. The Bertz CT molecular complexity index is 678. The fourth-order valence-electron chi connectivity index (χ4n) is 2.62. The fourth-order valence-corrected chi connectivity index (χ4v) is 2.62. The maximum atomic E-state index is 4.61. The Labute approximate surface area is 173 Å². The van der Waals surface area contributed by atoms with E-state index in [1.807, 2.05) is 11.6 Å². The first-order valence-electron chi connectivity index (χ1n) is 8.96. The maximum absolute atomic E-state index is 4.61. The van der Waals surface area contributed by atoms with Crippen LogP contribution in [-0.4, -0.2) is 27.3 Å². The van der Waals surface area contributed by atoms with Gasteiger partial charge in [-0.1, -0.05) is 38.1 Å². The van der Waals surface area contributed by atoms with Crippen LogP contribution in [0, 0.1) is 5.92 Å². The van der Waals surface area contributed by atoms with E-state index in [1.54, 1.807) is 6.33 Å². The van der Waals surface area contributed by atoms with Gasteiger partial charge in [0.2, 0.25) is 0 Å². The van der Waals surface area contributed by atoms with Gasteiger partial charge in [-0.25, -0.2) is 4.99 Å². The van der Waals surface area contributed by atoms with Gasteiger partial charge < -0.3 is 15.2 Å². The van der Waals surface area contributed by atoms with Crippen LogP contribution >= 0.6 is 24.0 Å². The number of aromatic nitrogens is 3. The van der Waals surface area contributed by atoms with E-state index in [9.17, 15) is 0 Å². The highest BCUT2D eigenvalue weighted by Crippen LogP contribution is 2.15. The van der Waals surface area contributed by atoms with Crippen LogP contribution in [0.25, 0.3) is 0 Å². The minimum absolute atomic E-state index is 0. The summed E-state index contributed by atoms with van der Waals surface area (Å²) in [6, 6.07) is 9.00. The number of hydrogen-bond donors (Lipinski definition) is 2. The van der Waals surface area contributed by atoms with E-state index < -0.39 is 0 Å². The summed E-state index contributed by atoms with van der Waals surface area (Å²) in [6.07, 6.45) is 2.80. The molecular weight excluding hydrogens is 439 g/mol. The first-order valence-corrected chi connectivity index (χ1v) is 8.96. The van der Waals surface area contributed by atoms with Crippen molar-refractivity contribution in [2.45, 2.75) is 46.7 Å². The Morgan fingerprint density at radius 1 is 1.19 bits per heavy atom. The second-order valence-electron chi connectivity index (χ2n) is 6.76. The van der Waals surface area contributed by atoms with E-state index >= 15 is 0 Å². The van der Waals surface area contributed by atoms with Crippen LogP contribution in [0.2, 0.25) is 0 Å². The molecule has 0 radical (unpaired) electrons. The predicted octanol–water partition coefficient (Wildman–Crippen LogP) is 3.45. The summed E-state index contributed by atoms with van der Waals surface area (Å²) in [4.78, 5) is 4.61. The van der Waals surface area contributed by atoms with Crippen LogP contribution < -0.4 is 10.6 Å². The lowest BCUT2D eigenvalue weighted by molar-refractivity contribution is 0.645. The van der Waals surface area contributed by atoms with Crippen molar-refractivity contribution in [2.75, 3.05) is 6.54 Å². The Morgan fingerprint density at radius 2 is 1.88 bits per heavy atom. The number of benzene rings is 1. The van der Waals surface area contributed by atoms with Crippen LogP contribution in [0.3, 0.4) is 0 Å². The van der Waals surface area contributed by atoms with E-state index in [-0.39, 0.29) is 30.0 Å². The summed E-state index contributed by atoms with van der Waals surface area (Å²) >= 11 is 0. The zero-order valence-corrected chi connectivity index (χ0v) is 18.7. The van der Waals surface area contributed by atoms with Gasteiger partial charge >= 0.3 is 0 Å². The molecular formula is C19H31IN6. The normalized spacial score (nSPS) is 12.6. The molecule has 7 heteroatoms. The summed E-state index contributed by atoms with van der Waals surface area (Å²) in [5, 5.41) is 14.7. The highest BCUT2D eigenvalue weighted by molar-refractivity contribution is 14.0. The largest absolute Gasteiger partial charge is 0.357 e. The second-order valence-corrected chi connectivity index (χ2v) is 6.76. The van der Waals surface area contributed by atoms with Crippen molar-refractivity contribution >= 4 is 29.9 Å². The number of rotatable bonds is 7. The molecule has 0 fully saturated rings. The van der Waals surface area contributed by atoms with Crippen LogP contribution in [-0.2, 0) is 20.0 Å². The molecule has 0 saturated carbocycles. The molecule has 144 valence electrons. The summed E-state index contributed by atoms with van der Waals surface area (Å²) < 4.78 is 1.88. The van der Waals surface area contributed by atoms with Crippen molar-refractivity contribution in [1.29, 1.82) is 0 Å². The van der Waals surface area contributed by atoms with Crippen molar-refractivity contribution in [3.63, 3.8) is 0 Å². The van der Waals surface area contributed by atoms with Crippen molar-refractivity contribution < 1.29 is 0 Å². The number of aryl methyl sites for hydroxylation is 1. The molecule has 1 heterocycles. The quantitative estimate of drug-likeness (QED) is 0.370. The topological polar surface area (TPSA) is 67.1 Å². The van der Waals surface area contributed by atoms with Crippen molar-refractivity contribution in [3.05, 3.63) is 47.5 Å². The van der Waals surface area contributed by atoms with E-state index in [2.05, 4.69) is 77.8 Å². The SMILES string of the molecule is CCNC(=NCc1nncn1C)NC(C)c1ccc(CC(C)C)cc1.I. The van der Waals surface area contributed by atoms with E-state index in [1.165, 1.54) is 11.1 Å². The number of nitrogens with one attached hydrogen (secondary N) is 2. The van der Waals surface area contributed by atoms with Gasteiger partial charge in [0, 0.05) is 13.6 Å². The molecule has 0 amide bonds. The highest BCUT2D eigenvalue weighted by Gasteiger charge is 2.09. The van der Waals surface area contributed by atoms with E-state index in [4.69, 9.17) is 0 Å². The van der Waals surface area contributed by atoms with Gasteiger partial charge in [-0.05, 0) is 37.3 Å². The highest BCUT2D eigenvalue weighted by atomic mass is 127. The van der Waals surface area contributed by atoms with Gasteiger partial charge in [0.1, 0.15) is 12.9 Å². The average molecular weight is 470 g/mol. The van der Waals surface area contributed by atoms with Gasteiger partial charge in [0.25, 0.3) is 0 Å². The molecule has 0 aliphatic heterocycles. The molecule has 1 aromatic heterocycles. The molecule has 2 N–H and O–H groups in total. The van der Waals surface area contributed by atoms with Crippen molar-refractivity contribution in [2.24, 2.45) is 18.0 Å². The van der Waals surface area contributed by atoms with Crippen LogP contribution in [0.4, 0.5) is 0 Å². The molecule has 1 atom stereocenters. The Balaban J connectivity index is 0.00000338. The first-order chi connectivity index (χ1) is 12.0. The number of hydrogen-bond acceptors (Lipinski definition) is 3. The summed E-state index contributed by atoms with van der Waals surface area (Å²) in [5.74, 6) is 2.29. The predicted molar refractivity (Wildman–Crippen MR) is 118 cm³/mol. The van der Waals surface area contributed by atoms with Crippen molar-refractivity contribution in [1.82, 2.24) is 25.4 Å². The third kappa shape index (κ3) is 6.93. The van der Waals surface area contributed by atoms with Gasteiger partial charge in [0.15, 0.2) is 11.8 Å². The lowest BCUT2D eigenvalue weighted by atomic mass is 10.00. The average Bonchev–Trinajstić information content (AvgIpc) is 2.98.